The molecule has 1 N–H and O–H groups in total. The van der Waals surface area contributed by atoms with E-state index >= 15 is 0 Å². The lowest BCUT2D eigenvalue weighted by Crippen LogP contribution is -2.48. The minimum absolute atomic E-state index is 0.115. The van der Waals surface area contributed by atoms with Crippen molar-refractivity contribution in [2.45, 2.75) is 65.9 Å². The fourth-order valence-corrected chi connectivity index (χ4v) is 4.90. The number of allylic oxidation sites excluding steroid dienone is 1. The van der Waals surface area contributed by atoms with E-state index in [-0.39, 0.29) is 22.9 Å². The highest BCUT2D eigenvalue weighted by atomic mass is 16.5. The molecule has 0 aromatic carbocycles. The van der Waals surface area contributed by atoms with Crippen LogP contribution in [0.2, 0.25) is 0 Å². The summed E-state index contributed by atoms with van der Waals surface area (Å²) in [6.45, 7) is 9.63. The van der Waals surface area contributed by atoms with Gasteiger partial charge in [0.15, 0.2) is 0 Å². The second-order valence-corrected chi connectivity index (χ2v) is 8.58. The summed E-state index contributed by atoms with van der Waals surface area (Å²) in [6, 6.07) is 0. The molecule has 4 atom stereocenters. The zero-order valence-corrected chi connectivity index (χ0v) is 14.9. The molecular formula is C20H30O3. The van der Waals surface area contributed by atoms with E-state index in [1.807, 2.05) is 0 Å². The smallest absolute Gasteiger partial charge is 0.331 e. The van der Waals surface area contributed by atoms with Crippen molar-refractivity contribution in [1.29, 1.82) is 0 Å². The minimum atomic E-state index is -0.230. The summed E-state index contributed by atoms with van der Waals surface area (Å²) in [7, 11) is 0. The summed E-state index contributed by atoms with van der Waals surface area (Å²) in [5.74, 6) is 0.980. The highest BCUT2D eigenvalue weighted by molar-refractivity contribution is 5.85. The first-order chi connectivity index (χ1) is 10.7. The van der Waals surface area contributed by atoms with Gasteiger partial charge in [0.05, 0.1) is 6.10 Å². The normalized spacial score (nSPS) is 39.3. The fourth-order valence-electron chi connectivity index (χ4n) is 4.90. The molecule has 0 spiro atoms. The summed E-state index contributed by atoms with van der Waals surface area (Å²) in [4.78, 5) is 11.3. The van der Waals surface area contributed by atoms with Gasteiger partial charge in [-0.3, -0.25) is 0 Å². The van der Waals surface area contributed by atoms with E-state index in [9.17, 15) is 9.90 Å². The fraction of sp³-hybridized carbons (Fsp3) is 0.750. The molecule has 0 unspecified atom stereocenters. The number of hydrogen-bond acceptors (Lipinski definition) is 3. The Bertz CT molecular complexity index is 557. The van der Waals surface area contributed by atoms with E-state index in [1.54, 1.807) is 6.08 Å². The maximum absolute atomic E-state index is 11.3. The van der Waals surface area contributed by atoms with Crippen LogP contribution in [-0.2, 0) is 9.53 Å². The molecule has 1 saturated carbocycles. The van der Waals surface area contributed by atoms with Gasteiger partial charge in [0.25, 0.3) is 0 Å². The van der Waals surface area contributed by atoms with Crippen molar-refractivity contribution in [1.82, 2.24) is 0 Å². The minimum Gasteiger partial charge on any atom is -0.458 e. The Balaban J connectivity index is 1.82. The van der Waals surface area contributed by atoms with Crippen molar-refractivity contribution in [2.75, 3.05) is 6.61 Å². The summed E-state index contributed by atoms with van der Waals surface area (Å²) >= 11 is 0. The molecule has 1 heterocycles. The number of aliphatic hydroxyl groups is 1. The molecule has 0 radical (unpaired) electrons. The van der Waals surface area contributed by atoms with E-state index in [0.717, 1.165) is 37.7 Å². The molecule has 3 heteroatoms. The number of carbonyl (C=O) groups is 1. The molecule has 3 aliphatic rings. The van der Waals surface area contributed by atoms with Crippen molar-refractivity contribution < 1.29 is 14.6 Å². The predicted molar refractivity (Wildman–Crippen MR) is 90.8 cm³/mol. The van der Waals surface area contributed by atoms with Crippen molar-refractivity contribution in [3.63, 3.8) is 0 Å². The van der Waals surface area contributed by atoms with Crippen LogP contribution >= 0.6 is 0 Å². The molecule has 3 nitrogen and oxygen atoms in total. The van der Waals surface area contributed by atoms with Crippen LogP contribution in [-0.4, -0.2) is 23.8 Å². The summed E-state index contributed by atoms with van der Waals surface area (Å²) in [5.41, 5.74) is 2.71. The summed E-state index contributed by atoms with van der Waals surface area (Å²) in [6.07, 6.45) is 8.93. The second-order valence-electron chi connectivity index (χ2n) is 8.58. The molecule has 0 bridgehead atoms. The Labute approximate surface area is 139 Å². The van der Waals surface area contributed by atoms with Gasteiger partial charge in [0.2, 0.25) is 0 Å². The van der Waals surface area contributed by atoms with Crippen molar-refractivity contribution in [3.05, 3.63) is 23.3 Å². The third kappa shape index (κ3) is 2.77. The molecule has 23 heavy (non-hydrogen) atoms. The number of cyclic esters (lactones) is 1. The number of rotatable bonds is 3. The third-order valence-corrected chi connectivity index (χ3v) is 7.00. The van der Waals surface area contributed by atoms with Crippen LogP contribution in [0.1, 0.15) is 59.8 Å². The van der Waals surface area contributed by atoms with Crippen LogP contribution < -0.4 is 0 Å². The van der Waals surface area contributed by atoms with Gasteiger partial charge in [-0.2, -0.15) is 0 Å². The van der Waals surface area contributed by atoms with E-state index in [4.69, 9.17) is 4.74 Å². The lowest BCUT2D eigenvalue weighted by molar-refractivity contribution is -0.134. The first-order valence-electron chi connectivity index (χ1n) is 9.00. The summed E-state index contributed by atoms with van der Waals surface area (Å²) < 4.78 is 5.04. The van der Waals surface area contributed by atoms with E-state index in [1.165, 1.54) is 5.57 Å². The predicted octanol–water partition coefficient (Wildman–Crippen LogP) is 4.02. The molecule has 128 valence electrons. The van der Waals surface area contributed by atoms with E-state index in [0.29, 0.717) is 18.4 Å². The Morgan fingerprint density at radius 1 is 1.30 bits per heavy atom. The number of carbonyl (C=O) groups excluding carboxylic acids is 1. The number of fused-ring (bicyclic) bond motifs is 1. The van der Waals surface area contributed by atoms with Gasteiger partial charge in [-0.05, 0) is 54.9 Å². The van der Waals surface area contributed by atoms with Crippen LogP contribution in [0.15, 0.2) is 23.3 Å². The maximum atomic E-state index is 11.3. The van der Waals surface area contributed by atoms with Gasteiger partial charge in [0.1, 0.15) is 6.61 Å². The SMILES string of the molecule is C[C@H]1CC=C2[C@@H](CC[C@@H](O)C2(C)C)[C@]1(C)CCC1=CC(=O)OC1. The Kier molecular flexibility index (Phi) is 4.20. The van der Waals surface area contributed by atoms with Gasteiger partial charge in [-0.25, -0.2) is 4.79 Å². The Morgan fingerprint density at radius 3 is 2.70 bits per heavy atom. The maximum Gasteiger partial charge on any atom is 0.331 e. The number of esters is 1. The molecule has 2 aliphatic carbocycles. The quantitative estimate of drug-likeness (QED) is 0.631. The zero-order chi connectivity index (χ0) is 16.8. The molecule has 0 aromatic heterocycles. The zero-order valence-electron chi connectivity index (χ0n) is 14.9. The first kappa shape index (κ1) is 16.8. The first-order valence-corrected chi connectivity index (χ1v) is 9.00. The second kappa shape index (κ2) is 5.77. The van der Waals surface area contributed by atoms with E-state index < -0.39 is 0 Å². The van der Waals surface area contributed by atoms with E-state index in [2.05, 4.69) is 33.8 Å². The molecule has 0 amide bonds. The average molecular weight is 318 g/mol. The van der Waals surface area contributed by atoms with Crippen molar-refractivity contribution in [2.24, 2.45) is 22.7 Å². The largest absolute Gasteiger partial charge is 0.458 e. The molecule has 1 fully saturated rings. The molecule has 0 aromatic rings. The van der Waals surface area contributed by atoms with Crippen LogP contribution in [0.25, 0.3) is 0 Å². The van der Waals surface area contributed by atoms with Gasteiger partial charge in [-0.15, -0.1) is 0 Å². The van der Waals surface area contributed by atoms with Gasteiger partial charge >= 0.3 is 5.97 Å². The number of ether oxygens (including phenoxy) is 1. The average Bonchev–Trinajstić information content (AvgIpc) is 2.91. The van der Waals surface area contributed by atoms with Crippen LogP contribution in [0.5, 0.6) is 0 Å². The lowest BCUT2D eigenvalue weighted by Gasteiger charge is -2.54. The molecule has 1 aliphatic heterocycles. The molecular weight excluding hydrogens is 288 g/mol. The van der Waals surface area contributed by atoms with Gasteiger partial charge < -0.3 is 9.84 Å². The Morgan fingerprint density at radius 2 is 2.04 bits per heavy atom. The van der Waals surface area contributed by atoms with Crippen molar-refractivity contribution in [3.8, 4) is 0 Å². The number of hydrogen-bond donors (Lipinski definition) is 1. The molecule has 3 rings (SSSR count). The lowest BCUT2D eigenvalue weighted by atomic mass is 9.51. The van der Waals surface area contributed by atoms with Gasteiger partial charge in [-0.1, -0.05) is 39.3 Å². The monoisotopic (exact) mass is 318 g/mol. The standard InChI is InChI=1S/C20H30O3/c1-13-5-6-15-16(7-8-17(21)19(15,2)3)20(13,4)10-9-14-11-18(22)23-12-14/h6,11,13,16-17,21H,5,7-10,12H2,1-4H3/t13-,16+,17+,20+/m0/s1. The van der Waals surface area contributed by atoms with Crippen LogP contribution in [0, 0.1) is 22.7 Å². The van der Waals surface area contributed by atoms with Crippen LogP contribution in [0.4, 0.5) is 0 Å². The topological polar surface area (TPSA) is 46.5 Å². The summed E-state index contributed by atoms with van der Waals surface area (Å²) in [5, 5.41) is 10.4. The van der Waals surface area contributed by atoms with Crippen molar-refractivity contribution >= 4 is 5.97 Å². The third-order valence-electron chi connectivity index (χ3n) is 7.00. The highest BCUT2D eigenvalue weighted by Crippen LogP contribution is 2.58. The number of aliphatic hydroxyl groups excluding tert-OH is 1. The molecule has 0 saturated heterocycles. The Hall–Kier alpha value is -1.09. The highest BCUT2D eigenvalue weighted by Gasteiger charge is 2.50. The van der Waals surface area contributed by atoms with Crippen LogP contribution in [0.3, 0.4) is 0 Å². The van der Waals surface area contributed by atoms with Gasteiger partial charge in [0, 0.05) is 11.5 Å².